The zero-order valence-electron chi connectivity index (χ0n) is 8.11. The first-order valence-corrected chi connectivity index (χ1v) is 4.22. The molecule has 0 aliphatic heterocycles. The molecule has 1 unspecified atom stereocenters. The number of hydrogen-bond acceptors (Lipinski definition) is 3. The van der Waals surface area contributed by atoms with E-state index in [0.717, 1.165) is 0 Å². The highest BCUT2D eigenvalue weighted by Gasteiger charge is 2.32. The molecule has 1 atom stereocenters. The maximum atomic E-state index is 11.0. The Balaban J connectivity index is 3.13. The van der Waals surface area contributed by atoms with E-state index in [9.17, 15) is 4.79 Å². The number of likely N-dealkylation sites (N-methyl/N-ethyl adjacent to an activating group) is 1. The first-order chi connectivity index (χ1) is 6.50. The van der Waals surface area contributed by atoms with Gasteiger partial charge in [-0.1, -0.05) is 12.1 Å². The van der Waals surface area contributed by atoms with E-state index in [0.29, 0.717) is 5.56 Å². The summed E-state index contributed by atoms with van der Waals surface area (Å²) in [6.07, 6.45) is 0. The number of nitrogens with one attached hydrogen (secondary N) is 1. The summed E-state index contributed by atoms with van der Waals surface area (Å²) in [5.74, 6) is -0.830. The first kappa shape index (κ1) is 10.5. The maximum absolute atomic E-state index is 11.0. The molecule has 0 aliphatic carbocycles. The average Bonchev–Trinajstić information content (AvgIpc) is 2.17. The van der Waals surface area contributed by atoms with Gasteiger partial charge in [0.05, 0.1) is 0 Å². The first-order valence-electron chi connectivity index (χ1n) is 4.22. The third-order valence-electron chi connectivity index (χ3n) is 2.37. The number of aromatic hydroxyl groups is 1. The molecule has 0 saturated heterocycles. The molecule has 1 aromatic carbocycles. The molecular formula is C10H13NO3. The second-order valence-electron chi connectivity index (χ2n) is 3.23. The molecule has 76 valence electrons. The second kappa shape index (κ2) is 3.67. The van der Waals surface area contributed by atoms with Crippen molar-refractivity contribution in [2.75, 3.05) is 7.05 Å². The lowest BCUT2D eigenvalue weighted by Crippen LogP contribution is -2.44. The minimum absolute atomic E-state index is 0.123. The van der Waals surface area contributed by atoms with Gasteiger partial charge in [0.15, 0.2) is 0 Å². The molecule has 0 aromatic heterocycles. The maximum Gasteiger partial charge on any atom is 0.328 e. The van der Waals surface area contributed by atoms with Gasteiger partial charge in [-0.3, -0.25) is 0 Å². The Morgan fingerprint density at radius 3 is 2.21 bits per heavy atom. The number of hydrogen-bond donors (Lipinski definition) is 3. The number of carbonyl (C=O) groups is 1. The lowest BCUT2D eigenvalue weighted by Gasteiger charge is -2.24. The van der Waals surface area contributed by atoms with Gasteiger partial charge in [-0.2, -0.15) is 0 Å². The van der Waals surface area contributed by atoms with Crippen molar-refractivity contribution in [1.82, 2.24) is 5.32 Å². The molecule has 0 heterocycles. The van der Waals surface area contributed by atoms with E-state index in [1.54, 1.807) is 26.1 Å². The summed E-state index contributed by atoms with van der Waals surface area (Å²) in [5.41, 5.74) is -0.515. The van der Waals surface area contributed by atoms with Crippen LogP contribution in [0.5, 0.6) is 5.75 Å². The average molecular weight is 195 g/mol. The number of phenols is 1. The zero-order valence-corrected chi connectivity index (χ0v) is 8.11. The minimum atomic E-state index is -1.12. The lowest BCUT2D eigenvalue weighted by molar-refractivity contribution is -0.144. The number of aliphatic carboxylic acids is 1. The molecule has 0 aliphatic rings. The predicted molar refractivity (Wildman–Crippen MR) is 52.2 cm³/mol. The molecule has 3 N–H and O–H groups in total. The topological polar surface area (TPSA) is 69.6 Å². The molecule has 0 saturated carbocycles. The summed E-state index contributed by atoms with van der Waals surface area (Å²) in [6, 6.07) is 6.10. The van der Waals surface area contributed by atoms with Crippen molar-refractivity contribution in [3.05, 3.63) is 29.8 Å². The van der Waals surface area contributed by atoms with Crippen molar-refractivity contribution in [1.29, 1.82) is 0 Å². The van der Waals surface area contributed by atoms with Gasteiger partial charge in [0.1, 0.15) is 11.3 Å². The molecule has 0 spiro atoms. The Morgan fingerprint density at radius 1 is 1.36 bits per heavy atom. The Kier molecular flexibility index (Phi) is 2.76. The van der Waals surface area contributed by atoms with Crippen LogP contribution in [0, 0.1) is 0 Å². The van der Waals surface area contributed by atoms with Gasteiger partial charge < -0.3 is 15.5 Å². The Morgan fingerprint density at radius 2 is 1.86 bits per heavy atom. The quantitative estimate of drug-likeness (QED) is 0.670. The third-order valence-corrected chi connectivity index (χ3v) is 2.37. The van der Waals surface area contributed by atoms with Crippen molar-refractivity contribution in [3.8, 4) is 5.75 Å². The fourth-order valence-corrected chi connectivity index (χ4v) is 1.17. The van der Waals surface area contributed by atoms with Crippen LogP contribution in [0.25, 0.3) is 0 Å². The second-order valence-corrected chi connectivity index (χ2v) is 3.23. The van der Waals surface area contributed by atoms with Crippen molar-refractivity contribution < 1.29 is 15.0 Å². The number of carboxylic acid groups (broad SMARTS) is 1. The normalized spacial score (nSPS) is 14.7. The number of benzene rings is 1. The van der Waals surface area contributed by atoms with Gasteiger partial charge in [-0.05, 0) is 31.7 Å². The Hall–Kier alpha value is -1.55. The van der Waals surface area contributed by atoms with Gasteiger partial charge >= 0.3 is 5.97 Å². The summed E-state index contributed by atoms with van der Waals surface area (Å²) < 4.78 is 0. The van der Waals surface area contributed by atoms with Crippen LogP contribution < -0.4 is 5.32 Å². The van der Waals surface area contributed by atoms with Gasteiger partial charge in [-0.25, -0.2) is 4.79 Å². The van der Waals surface area contributed by atoms with Crippen LogP contribution in [0.1, 0.15) is 12.5 Å². The lowest BCUT2D eigenvalue weighted by atomic mass is 9.92. The van der Waals surface area contributed by atoms with Gasteiger partial charge in [0, 0.05) is 0 Å². The van der Waals surface area contributed by atoms with E-state index < -0.39 is 11.5 Å². The van der Waals surface area contributed by atoms with Gasteiger partial charge in [0.2, 0.25) is 0 Å². The summed E-state index contributed by atoms with van der Waals surface area (Å²) >= 11 is 0. The van der Waals surface area contributed by atoms with E-state index in [1.165, 1.54) is 12.1 Å². The van der Waals surface area contributed by atoms with Crippen LogP contribution in [0.3, 0.4) is 0 Å². The molecular weight excluding hydrogens is 182 g/mol. The monoisotopic (exact) mass is 195 g/mol. The molecule has 0 amide bonds. The highest BCUT2D eigenvalue weighted by Crippen LogP contribution is 2.22. The summed E-state index contributed by atoms with van der Waals surface area (Å²) in [6.45, 7) is 1.57. The van der Waals surface area contributed by atoms with Crippen LogP contribution in [0.2, 0.25) is 0 Å². The third kappa shape index (κ3) is 1.70. The van der Waals surface area contributed by atoms with E-state index in [2.05, 4.69) is 5.32 Å². The molecule has 14 heavy (non-hydrogen) atoms. The van der Waals surface area contributed by atoms with Gasteiger partial charge in [0.25, 0.3) is 0 Å². The number of phenolic OH excluding ortho intramolecular Hbond substituents is 1. The van der Waals surface area contributed by atoms with Crippen molar-refractivity contribution >= 4 is 5.97 Å². The highest BCUT2D eigenvalue weighted by atomic mass is 16.4. The summed E-state index contributed by atoms with van der Waals surface area (Å²) in [5, 5.41) is 20.8. The smallest absolute Gasteiger partial charge is 0.328 e. The predicted octanol–water partition coefficient (Wildman–Crippen LogP) is 0.911. The van der Waals surface area contributed by atoms with E-state index in [4.69, 9.17) is 10.2 Å². The van der Waals surface area contributed by atoms with Gasteiger partial charge in [-0.15, -0.1) is 0 Å². The Bertz CT molecular complexity index is 334. The highest BCUT2D eigenvalue weighted by molar-refractivity contribution is 5.80. The van der Waals surface area contributed by atoms with Crippen LogP contribution in [-0.2, 0) is 10.3 Å². The fraction of sp³-hybridized carbons (Fsp3) is 0.300. The molecule has 4 nitrogen and oxygen atoms in total. The minimum Gasteiger partial charge on any atom is -0.508 e. The number of rotatable bonds is 3. The van der Waals surface area contributed by atoms with Crippen LogP contribution >= 0.6 is 0 Å². The molecule has 1 rings (SSSR count). The van der Waals surface area contributed by atoms with E-state index in [-0.39, 0.29) is 5.75 Å². The fourth-order valence-electron chi connectivity index (χ4n) is 1.17. The van der Waals surface area contributed by atoms with Crippen LogP contribution in [0.4, 0.5) is 0 Å². The van der Waals surface area contributed by atoms with E-state index in [1.807, 2.05) is 0 Å². The molecule has 0 radical (unpaired) electrons. The van der Waals surface area contributed by atoms with Crippen molar-refractivity contribution in [2.24, 2.45) is 0 Å². The van der Waals surface area contributed by atoms with E-state index >= 15 is 0 Å². The van der Waals surface area contributed by atoms with Crippen LogP contribution in [0.15, 0.2) is 24.3 Å². The summed E-state index contributed by atoms with van der Waals surface area (Å²) in [7, 11) is 1.58. The number of carboxylic acids is 1. The molecule has 0 fully saturated rings. The molecule has 4 heteroatoms. The van der Waals surface area contributed by atoms with Crippen molar-refractivity contribution in [3.63, 3.8) is 0 Å². The molecule has 0 bridgehead atoms. The summed E-state index contributed by atoms with van der Waals surface area (Å²) in [4.78, 5) is 11.0. The SMILES string of the molecule is CNC(C)(C(=O)O)c1ccc(O)cc1. The van der Waals surface area contributed by atoms with Crippen LogP contribution in [-0.4, -0.2) is 23.2 Å². The van der Waals surface area contributed by atoms with Crippen molar-refractivity contribution in [2.45, 2.75) is 12.5 Å². The molecule has 1 aromatic rings. The largest absolute Gasteiger partial charge is 0.508 e. The standard InChI is InChI=1S/C10H13NO3/c1-10(11-2,9(13)14)7-3-5-8(12)6-4-7/h3-6,11-12H,1-2H3,(H,13,14). The Labute approximate surface area is 82.2 Å². The zero-order chi connectivity index (χ0) is 10.8.